The van der Waals surface area contributed by atoms with Crippen molar-refractivity contribution >= 4 is 16.5 Å². The van der Waals surface area contributed by atoms with Crippen molar-refractivity contribution < 1.29 is 28.0 Å². The van der Waals surface area contributed by atoms with Crippen LogP contribution in [-0.2, 0) is 18.2 Å². The first-order chi connectivity index (χ1) is 6.06. The Bertz CT molecular complexity index is 169. The maximum absolute atomic E-state index is 10.1. The predicted molar refractivity (Wildman–Crippen MR) is 46.7 cm³/mol. The van der Waals surface area contributed by atoms with Crippen LogP contribution in [-0.4, -0.2) is 34.7 Å². The smallest absolute Gasteiger partial charge is 0.317 e. The summed E-state index contributed by atoms with van der Waals surface area (Å²) in [6, 6.07) is 0. The van der Waals surface area contributed by atoms with Gasteiger partial charge < -0.3 is 9.79 Å². The Morgan fingerprint density at radius 2 is 1.54 bits per heavy atom. The van der Waals surface area contributed by atoms with E-state index in [1.165, 1.54) is 4.90 Å². The first-order valence-electron chi connectivity index (χ1n) is 3.50. The van der Waals surface area contributed by atoms with Crippen molar-refractivity contribution in [1.29, 1.82) is 0 Å². The molecule has 0 radical (unpaired) electrons. The van der Waals surface area contributed by atoms with Crippen LogP contribution in [0.5, 0.6) is 0 Å². The van der Waals surface area contributed by atoms with Gasteiger partial charge in [-0.15, -0.1) is 0 Å². The van der Waals surface area contributed by atoms with Crippen LogP contribution in [0.25, 0.3) is 0 Å². The molecule has 0 aliphatic heterocycles. The van der Waals surface area contributed by atoms with Gasteiger partial charge >= 0.3 is 16.5 Å². The number of nitrogens with zero attached hydrogens (tertiary/aromatic N) is 1. The standard InChI is InChI=1S/C4H13NO6P2/c1-2-5(3-10-12(6)7)4-11-13(8)9/h12-13H,2-4H2,1H3,(H,6,7)(H,8,9). The SMILES string of the molecule is CCN(CO[PH](=O)O)CO[PH](=O)O. The van der Waals surface area contributed by atoms with Gasteiger partial charge in [0.15, 0.2) is 0 Å². The van der Waals surface area contributed by atoms with Crippen molar-refractivity contribution in [3.63, 3.8) is 0 Å². The molecule has 0 bridgehead atoms. The zero-order valence-corrected chi connectivity index (χ0v) is 9.10. The van der Waals surface area contributed by atoms with E-state index in [1.54, 1.807) is 6.92 Å². The molecule has 0 aromatic carbocycles. The average Bonchev–Trinajstić information content (AvgIpc) is 2.04. The Balaban J connectivity index is 3.63. The van der Waals surface area contributed by atoms with Gasteiger partial charge in [-0.05, 0) is 6.54 Å². The zero-order valence-electron chi connectivity index (χ0n) is 7.10. The lowest BCUT2D eigenvalue weighted by Crippen LogP contribution is -2.26. The molecule has 0 aliphatic carbocycles. The van der Waals surface area contributed by atoms with Gasteiger partial charge in [0.05, 0.1) is 0 Å². The van der Waals surface area contributed by atoms with Crippen LogP contribution in [0.4, 0.5) is 0 Å². The highest BCUT2D eigenvalue weighted by atomic mass is 31.1. The molecule has 0 aromatic heterocycles. The highest BCUT2D eigenvalue weighted by Gasteiger charge is 2.04. The summed E-state index contributed by atoms with van der Waals surface area (Å²) in [4.78, 5) is 18.1. The second kappa shape index (κ2) is 7.64. The lowest BCUT2D eigenvalue weighted by Gasteiger charge is -2.17. The van der Waals surface area contributed by atoms with Crippen molar-refractivity contribution in [1.82, 2.24) is 4.90 Å². The Labute approximate surface area is 77.2 Å². The van der Waals surface area contributed by atoms with Gasteiger partial charge in [-0.2, -0.15) is 0 Å². The molecule has 0 rings (SSSR count). The minimum Gasteiger partial charge on any atom is -0.326 e. The van der Waals surface area contributed by atoms with Crippen molar-refractivity contribution in [2.45, 2.75) is 6.92 Å². The summed E-state index contributed by atoms with van der Waals surface area (Å²) in [6.07, 6.45) is 0. The van der Waals surface area contributed by atoms with Gasteiger partial charge in [-0.1, -0.05) is 6.92 Å². The van der Waals surface area contributed by atoms with Crippen LogP contribution < -0.4 is 0 Å². The van der Waals surface area contributed by atoms with Gasteiger partial charge in [-0.25, -0.2) is 0 Å². The minimum atomic E-state index is -2.96. The van der Waals surface area contributed by atoms with E-state index < -0.39 is 16.5 Å². The van der Waals surface area contributed by atoms with Gasteiger partial charge in [-0.3, -0.25) is 23.1 Å². The van der Waals surface area contributed by atoms with E-state index in [0.29, 0.717) is 6.54 Å². The van der Waals surface area contributed by atoms with Gasteiger partial charge in [0.25, 0.3) is 0 Å². The third kappa shape index (κ3) is 8.59. The van der Waals surface area contributed by atoms with Gasteiger partial charge in [0.2, 0.25) is 0 Å². The number of hydrogen-bond donors (Lipinski definition) is 2. The van der Waals surface area contributed by atoms with Crippen LogP contribution in [0.1, 0.15) is 6.92 Å². The fourth-order valence-electron chi connectivity index (χ4n) is 0.513. The summed E-state index contributed by atoms with van der Waals surface area (Å²) in [5.74, 6) is 0. The van der Waals surface area contributed by atoms with E-state index in [1.807, 2.05) is 0 Å². The normalized spacial score (nSPS) is 16.0. The molecule has 13 heavy (non-hydrogen) atoms. The van der Waals surface area contributed by atoms with Crippen molar-refractivity contribution in [2.75, 3.05) is 20.0 Å². The molecular formula is C4H13NO6P2. The molecule has 2 unspecified atom stereocenters. The Morgan fingerprint density at radius 3 is 1.77 bits per heavy atom. The molecular weight excluding hydrogens is 220 g/mol. The third-order valence-corrected chi connectivity index (χ3v) is 1.94. The minimum absolute atomic E-state index is 0.0973. The Kier molecular flexibility index (Phi) is 7.80. The average molecular weight is 233 g/mol. The second-order valence-electron chi connectivity index (χ2n) is 2.07. The molecule has 0 aromatic rings. The van der Waals surface area contributed by atoms with E-state index in [9.17, 15) is 9.13 Å². The van der Waals surface area contributed by atoms with E-state index in [0.717, 1.165) is 0 Å². The molecule has 0 aliphatic rings. The molecule has 0 spiro atoms. The molecule has 0 saturated heterocycles. The van der Waals surface area contributed by atoms with E-state index in [2.05, 4.69) is 9.05 Å². The first-order valence-corrected chi connectivity index (χ1v) is 6.02. The third-order valence-electron chi connectivity index (χ3n) is 1.19. The van der Waals surface area contributed by atoms with Crippen LogP contribution >= 0.6 is 16.5 Å². The number of hydrogen-bond acceptors (Lipinski definition) is 5. The second-order valence-corrected chi connectivity index (χ2v) is 3.71. The van der Waals surface area contributed by atoms with Crippen molar-refractivity contribution in [3.05, 3.63) is 0 Å². The Hall–Kier alpha value is 0.260. The summed E-state index contributed by atoms with van der Waals surface area (Å²) in [5.41, 5.74) is 0. The summed E-state index contributed by atoms with van der Waals surface area (Å²) in [5, 5.41) is 0. The Morgan fingerprint density at radius 1 is 1.15 bits per heavy atom. The summed E-state index contributed by atoms with van der Waals surface area (Å²) < 4.78 is 29.1. The fourth-order valence-corrected chi connectivity index (χ4v) is 1.10. The van der Waals surface area contributed by atoms with Crippen molar-refractivity contribution in [3.8, 4) is 0 Å². The molecule has 7 nitrogen and oxygen atoms in total. The van der Waals surface area contributed by atoms with Crippen LogP contribution in [0.15, 0.2) is 0 Å². The monoisotopic (exact) mass is 233 g/mol. The highest BCUT2D eigenvalue weighted by molar-refractivity contribution is 7.32. The van der Waals surface area contributed by atoms with Crippen molar-refractivity contribution in [2.24, 2.45) is 0 Å². The predicted octanol–water partition coefficient (Wildman–Crippen LogP) is 0.0205. The zero-order chi connectivity index (χ0) is 10.3. The quantitative estimate of drug-likeness (QED) is 0.472. The molecule has 80 valence electrons. The van der Waals surface area contributed by atoms with Gasteiger partial charge in [0, 0.05) is 0 Å². The fraction of sp³-hybridized carbons (Fsp3) is 1.00. The highest BCUT2D eigenvalue weighted by Crippen LogP contribution is 2.17. The summed E-state index contributed by atoms with van der Waals surface area (Å²) in [6.45, 7) is 2.06. The molecule has 0 saturated carbocycles. The van der Waals surface area contributed by atoms with Crippen LogP contribution in [0.2, 0.25) is 0 Å². The van der Waals surface area contributed by atoms with E-state index in [4.69, 9.17) is 9.79 Å². The lowest BCUT2D eigenvalue weighted by atomic mass is 10.7. The molecule has 0 amide bonds. The topological polar surface area (TPSA) is 96.3 Å². The number of rotatable bonds is 7. The van der Waals surface area contributed by atoms with E-state index in [-0.39, 0.29) is 13.5 Å². The maximum Gasteiger partial charge on any atom is 0.317 e. The maximum atomic E-state index is 10.1. The summed E-state index contributed by atoms with van der Waals surface area (Å²) in [7, 11) is -5.91. The largest absolute Gasteiger partial charge is 0.326 e. The molecule has 2 atom stereocenters. The van der Waals surface area contributed by atoms with Gasteiger partial charge in [0.1, 0.15) is 13.5 Å². The molecule has 2 N–H and O–H groups in total. The summed E-state index contributed by atoms with van der Waals surface area (Å²) >= 11 is 0. The van der Waals surface area contributed by atoms with E-state index >= 15 is 0 Å². The molecule has 0 fully saturated rings. The first kappa shape index (κ1) is 13.3. The van der Waals surface area contributed by atoms with Crippen LogP contribution in [0, 0.1) is 0 Å². The molecule has 0 heterocycles. The lowest BCUT2D eigenvalue weighted by molar-refractivity contribution is 0.0551. The molecule has 9 heteroatoms. The van der Waals surface area contributed by atoms with Crippen LogP contribution in [0.3, 0.4) is 0 Å².